The Morgan fingerprint density at radius 2 is 2.27 bits per heavy atom. The van der Waals surface area contributed by atoms with E-state index in [4.69, 9.17) is 0 Å². The molecule has 1 aromatic rings. The van der Waals surface area contributed by atoms with E-state index in [1.807, 2.05) is 26.2 Å². The van der Waals surface area contributed by atoms with Crippen LogP contribution in [0.1, 0.15) is 43.8 Å². The summed E-state index contributed by atoms with van der Waals surface area (Å²) in [6, 6.07) is -0.415. The van der Waals surface area contributed by atoms with Gasteiger partial charge in [-0.2, -0.15) is 0 Å². The van der Waals surface area contributed by atoms with Crippen LogP contribution in [0.25, 0.3) is 0 Å². The number of nitrogens with one attached hydrogen (secondary N) is 3. The number of thiazole rings is 1. The average molecular weight is 324 g/mol. The summed E-state index contributed by atoms with van der Waals surface area (Å²) < 4.78 is 0. The summed E-state index contributed by atoms with van der Waals surface area (Å²) in [7, 11) is 0. The van der Waals surface area contributed by atoms with Gasteiger partial charge in [-0.1, -0.05) is 0 Å². The molecule has 2 amide bonds. The van der Waals surface area contributed by atoms with Crippen molar-refractivity contribution in [2.75, 3.05) is 13.1 Å². The first-order valence-corrected chi connectivity index (χ1v) is 8.51. The van der Waals surface area contributed by atoms with E-state index >= 15 is 0 Å². The fourth-order valence-electron chi connectivity index (χ4n) is 2.34. The van der Waals surface area contributed by atoms with Gasteiger partial charge in [0.2, 0.25) is 11.8 Å². The van der Waals surface area contributed by atoms with Crippen LogP contribution in [0.5, 0.6) is 0 Å². The molecule has 0 aliphatic carbocycles. The Morgan fingerprint density at radius 3 is 2.95 bits per heavy atom. The molecule has 122 valence electrons. The molecule has 6 nitrogen and oxygen atoms in total. The number of amides is 2. The summed E-state index contributed by atoms with van der Waals surface area (Å²) in [5.41, 5.74) is 0.608. The number of aryl methyl sites for hydroxylation is 1. The second-order valence-corrected chi connectivity index (χ2v) is 7.04. The molecule has 1 aromatic heterocycles. The summed E-state index contributed by atoms with van der Waals surface area (Å²) in [5, 5.41) is 11.8. The zero-order valence-corrected chi connectivity index (χ0v) is 14.2. The maximum Gasteiger partial charge on any atom is 0.242 e. The Bertz CT molecular complexity index is 541. The maximum absolute atomic E-state index is 12.1. The fourth-order valence-corrected chi connectivity index (χ4v) is 3.24. The summed E-state index contributed by atoms with van der Waals surface area (Å²) in [4.78, 5) is 28.4. The van der Waals surface area contributed by atoms with E-state index in [0.29, 0.717) is 13.0 Å². The molecule has 1 aliphatic heterocycles. The Labute approximate surface area is 135 Å². The van der Waals surface area contributed by atoms with Crippen LogP contribution in [0, 0.1) is 6.92 Å². The Morgan fingerprint density at radius 1 is 1.50 bits per heavy atom. The van der Waals surface area contributed by atoms with E-state index in [9.17, 15) is 9.59 Å². The van der Waals surface area contributed by atoms with E-state index in [1.54, 1.807) is 11.3 Å². The number of hydrogen-bond donors (Lipinski definition) is 3. The number of carbonyl (C=O) groups excluding carboxylic acids is 2. The molecule has 1 saturated heterocycles. The molecule has 1 fully saturated rings. The van der Waals surface area contributed by atoms with Crippen LogP contribution >= 0.6 is 11.3 Å². The van der Waals surface area contributed by atoms with Gasteiger partial charge in [-0.25, -0.2) is 4.98 Å². The van der Waals surface area contributed by atoms with Crippen LogP contribution < -0.4 is 16.0 Å². The summed E-state index contributed by atoms with van der Waals surface area (Å²) in [5.74, 6) is -0.246. The molecule has 0 saturated carbocycles. The van der Waals surface area contributed by atoms with E-state index < -0.39 is 6.04 Å². The molecule has 0 aromatic carbocycles. The van der Waals surface area contributed by atoms with Crippen molar-refractivity contribution >= 4 is 23.2 Å². The lowest BCUT2D eigenvalue weighted by Gasteiger charge is -2.24. The van der Waals surface area contributed by atoms with Crippen LogP contribution in [-0.2, 0) is 15.1 Å². The minimum Gasteiger partial charge on any atom is -0.354 e. The molecule has 1 aliphatic rings. The topological polar surface area (TPSA) is 83.1 Å². The van der Waals surface area contributed by atoms with Gasteiger partial charge in [-0.3, -0.25) is 14.9 Å². The Hall–Kier alpha value is -1.47. The molecule has 7 heteroatoms. The third-order valence-electron chi connectivity index (χ3n) is 3.72. The molecule has 3 N–H and O–H groups in total. The Kier molecular flexibility index (Phi) is 5.52. The van der Waals surface area contributed by atoms with E-state index in [1.165, 1.54) is 0 Å². The second kappa shape index (κ2) is 7.19. The first kappa shape index (κ1) is 16.9. The molecule has 2 rings (SSSR count). The summed E-state index contributed by atoms with van der Waals surface area (Å²) in [6.07, 6.45) is 2.61. The molecule has 22 heavy (non-hydrogen) atoms. The second-order valence-electron chi connectivity index (χ2n) is 6.18. The SMILES string of the molecule is Cc1csc(C(C)(C)NCC(=O)NC2CCCCNC2=O)n1. The Balaban J connectivity index is 1.85. The third kappa shape index (κ3) is 4.51. The highest BCUT2D eigenvalue weighted by atomic mass is 32.1. The van der Waals surface area contributed by atoms with Crippen LogP contribution in [-0.4, -0.2) is 35.9 Å². The number of hydrogen-bond acceptors (Lipinski definition) is 5. The molecular formula is C15H24N4O2S. The number of nitrogens with zero attached hydrogens (tertiary/aromatic N) is 1. The zero-order valence-electron chi connectivity index (χ0n) is 13.4. The van der Waals surface area contributed by atoms with Crippen LogP contribution in [0.15, 0.2) is 5.38 Å². The minimum atomic E-state index is -0.415. The maximum atomic E-state index is 12.1. The van der Waals surface area contributed by atoms with Gasteiger partial charge in [0.25, 0.3) is 0 Å². The highest BCUT2D eigenvalue weighted by Crippen LogP contribution is 2.23. The van der Waals surface area contributed by atoms with Crippen molar-refractivity contribution in [2.45, 2.75) is 51.6 Å². The monoisotopic (exact) mass is 324 g/mol. The fraction of sp³-hybridized carbons (Fsp3) is 0.667. The van der Waals surface area contributed by atoms with Crippen molar-refractivity contribution in [1.29, 1.82) is 0 Å². The highest BCUT2D eigenvalue weighted by Gasteiger charge is 2.26. The molecule has 0 spiro atoms. The van der Waals surface area contributed by atoms with Crippen molar-refractivity contribution < 1.29 is 9.59 Å². The highest BCUT2D eigenvalue weighted by molar-refractivity contribution is 7.09. The number of carbonyl (C=O) groups is 2. The van der Waals surface area contributed by atoms with Crippen molar-refractivity contribution in [3.05, 3.63) is 16.1 Å². The van der Waals surface area contributed by atoms with Gasteiger partial charge in [0, 0.05) is 17.6 Å². The predicted molar refractivity (Wildman–Crippen MR) is 86.7 cm³/mol. The molecule has 2 heterocycles. The van der Waals surface area contributed by atoms with E-state index in [2.05, 4.69) is 20.9 Å². The lowest BCUT2D eigenvalue weighted by atomic mass is 10.1. The lowest BCUT2D eigenvalue weighted by Crippen LogP contribution is -2.50. The lowest BCUT2D eigenvalue weighted by molar-refractivity contribution is -0.128. The van der Waals surface area contributed by atoms with Gasteiger partial charge in [0.15, 0.2) is 0 Å². The normalized spacial score (nSPS) is 19.4. The summed E-state index contributed by atoms with van der Waals surface area (Å²) in [6.45, 7) is 6.80. The zero-order chi connectivity index (χ0) is 16.2. The predicted octanol–water partition coefficient (Wildman–Crippen LogP) is 1.06. The molecular weight excluding hydrogens is 300 g/mol. The minimum absolute atomic E-state index is 0.0827. The largest absolute Gasteiger partial charge is 0.354 e. The quantitative estimate of drug-likeness (QED) is 0.756. The smallest absolute Gasteiger partial charge is 0.242 e. The first-order chi connectivity index (χ1) is 10.4. The molecule has 0 radical (unpaired) electrons. The van der Waals surface area contributed by atoms with Crippen LogP contribution in [0.4, 0.5) is 0 Å². The molecule has 0 bridgehead atoms. The van der Waals surface area contributed by atoms with E-state index in [0.717, 1.165) is 23.5 Å². The van der Waals surface area contributed by atoms with Crippen molar-refractivity contribution in [3.8, 4) is 0 Å². The van der Waals surface area contributed by atoms with Crippen molar-refractivity contribution in [2.24, 2.45) is 0 Å². The first-order valence-electron chi connectivity index (χ1n) is 7.63. The van der Waals surface area contributed by atoms with Gasteiger partial charge in [0.05, 0.1) is 12.1 Å². The summed E-state index contributed by atoms with van der Waals surface area (Å²) >= 11 is 1.58. The number of rotatable bonds is 5. The van der Waals surface area contributed by atoms with Gasteiger partial charge in [-0.15, -0.1) is 11.3 Å². The van der Waals surface area contributed by atoms with Gasteiger partial charge in [0.1, 0.15) is 11.0 Å². The number of aromatic nitrogens is 1. The van der Waals surface area contributed by atoms with Gasteiger partial charge < -0.3 is 10.6 Å². The van der Waals surface area contributed by atoms with Crippen molar-refractivity contribution in [3.63, 3.8) is 0 Å². The van der Waals surface area contributed by atoms with Gasteiger partial charge >= 0.3 is 0 Å². The van der Waals surface area contributed by atoms with E-state index in [-0.39, 0.29) is 23.9 Å². The third-order valence-corrected chi connectivity index (χ3v) is 5.00. The van der Waals surface area contributed by atoms with Crippen molar-refractivity contribution in [1.82, 2.24) is 20.9 Å². The van der Waals surface area contributed by atoms with Crippen LogP contribution in [0.3, 0.4) is 0 Å². The standard InChI is InChI=1S/C15H24N4O2S/c1-10-9-22-14(18-10)15(2,3)17-8-12(20)19-11-6-4-5-7-16-13(11)21/h9,11,17H,4-8H2,1-3H3,(H,16,21)(H,19,20). The molecule has 1 unspecified atom stereocenters. The van der Waals surface area contributed by atoms with Gasteiger partial charge in [-0.05, 0) is 40.0 Å². The molecule has 1 atom stereocenters. The average Bonchev–Trinajstić information content (AvgIpc) is 2.81. The van der Waals surface area contributed by atoms with Crippen LogP contribution in [0.2, 0.25) is 0 Å².